The molecule has 5 N–H and O–H groups in total. The smallest absolute Gasteiger partial charge is 0.247 e. The van der Waals surface area contributed by atoms with Crippen molar-refractivity contribution < 1.29 is 24.2 Å². The number of carbonyl (C=O) groups excluding carboxylic acids is 2. The van der Waals surface area contributed by atoms with Crippen molar-refractivity contribution in [3.05, 3.63) is 125 Å². The second-order valence-electron chi connectivity index (χ2n) is 9.39. The summed E-state index contributed by atoms with van der Waals surface area (Å²) in [6.45, 7) is 3.32. The van der Waals surface area contributed by atoms with E-state index in [0.717, 1.165) is 18.1 Å². The Morgan fingerprint density at radius 3 is 2.05 bits per heavy atom. The van der Waals surface area contributed by atoms with Crippen LogP contribution in [0.4, 0.5) is 5.69 Å². The molecule has 9 nitrogen and oxygen atoms in total. The summed E-state index contributed by atoms with van der Waals surface area (Å²) < 4.78 is 11.6. The molecule has 0 fully saturated rings. The number of ether oxygens (including phenoxy) is 2. The summed E-state index contributed by atoms with van der Waals surface area (Å²) in [6.07, 6.45) is 0. The molecule has 4 rings (SSSR count). The van der Waals surface area contributed by atoms with Gasteiger partial charge in [-0.15, -0.1) is 0 Å². The van der Waals surface area contributed by atoms with Gasteiger partial charge in [-0.2, -0.15) is 0 Å². The zero-order chi connectivity index (χ0) is 30.5. The Labute approximate surface area is 245 Å². The lowest BCUT2D eigenvalue weighted by Crippen LogP contribution is -2.35. The fourth-order valence-electron chi connectivity index (χ4n) is 4.05. The van der Waals surface area contributed by atoms with Crippen LogP contribution in [0.15, 0.2) is 103 Å². The fraction of sp³-hybridized carbons (Fsp3) is 0.182. The van der Waals surface area contributed by atoms with Gasteiger partial charge in [-0.3, -0.25) is 10.2 Å². The highest BCUT2D eigenvalue weighted by Crippen LogP contribution is 2.33. The molecule has 0 aromatic heterocycles. The highest BCUT2D eigenvalue weighted by atomic mass is 16.5. The fourth-order valence-corrected chi connectivity index (χ4v) is 4.05. The van der Waals surface area contributed by atoms with Crippen LogP contribution in [0.3, 0.4) is 0 Å². The van der Waals surface area contributed by atoms with Gasteiger partial charge in [0.05, 0.1) is 13.2 Å². The molecule has 0 aliphatic rings. The molecular formula is C33H35N4O5-. The first-order valence-corrected chi connectivity index (χ1v) is 13.3. The van der Waals surface area contributed by atoms with Crippen molar-refractivity contribution in [1.29, 1.82) is 5.41 Å². The van der Waals surface area contributed by atoms with Gasteiger partial charge in [0.25, 0.3) is 0 Å². The molecule has 0 bridgehead atoms. The van der Waals surface area contributed by atoms with Gasteiger partial charge in [0, 0.05) is 17.2 Å². The van der Waals surface area contributed by atoms with Crippen molar-refractivity contribution in [3.8, 4) is 11.5 Å². The molecule has 4 aromatic carbocycles. The van der Waals surface area contributed by atoms with Gasteiger partial charge >= 0.3 is 0 Å². The minimum Gasteiger partial charge on any atom is -0.550 e. The second-order valence-corrected chi connectivity index (χ2v) is 9.39. The molecule has 0 radical (unpaired) electrons. The number of methoxy groups -OCH3 is 1. The highest BCUT2D eigenvalue weighted by Gasteiger charge is 2.24. The van der Waals surface area contributed by atoms with Crippen LogP contribution in [-0.2, 0) is 16.2 Å². The molecule has 0 aliphatic heterocycles. The average Bonchev–Trinajstić information content (AvgIpc) is 2.99. The number of nitrogen functional groups attached to an aromatic ring is 1. The van der Waals surface area contributed by atoms with Crippen molar-refractivity contribution in [3.63, 3.8) is 0 Å². The lowest BCUT2D eigenvalue weighted by atomic mass is 10.0. The maximum absolute atomic E-state index is 13.6. The number of carboxylic acids is 1. The molecule has 0 aliphatic carbocycles. The van der Waals surface area contributed by atoms with E-state index >= 15 is 0 Å². The van der Waals surface area contributed by atoms with Crippen LogP contribution in [0, 0.1) is 5.41 Å². The first-order chi connectivity index (χ1) is 20.2. The van der Waals surface area contributed by atoms with E-state index in [9.17, 15) is 4.79 Å². The standard InChI is InChI=1S/C31H32N4O3.C2H4O2/c1-21(23-11-7-4-8-12-23)34-31(36)29(35-26-16-13-24(14-17-26)30(32)33)25-15-18-27(28(19-25)37-2)38-20-22-9-5-3-6-10-22;1-2(3)4/h3-19,21,29,35H,20H2,1-2H3,(H3,32,33)(H,34,36);1H3,(H,3,4)/p-1. The number of carbonyl (C=O) groups is 2. The number of hydrogen-bond acceptors (Lipinski definition) is 7. The quantitative estimate of drug-likeness (QED) is 0.155. The van der Waals surface area contributed by atoms with E-state index in [1.807, 2.05) is 85.8 Å². The molecule has 0 saturated carbocycles. The second kappa shape index (κ2) is 15.5. The van der Waals surface area contributed by atoms with E-state index in [0.29, 0.717) is 34.9 Å². The highest BCUT2D eigenvalue weighted by molar-refractivity contribution is 5.95. The minimum atomic E-state index is -1.08. The van der Waals surface area contributed by atoms with E-state index in [-0.39, 0.29) is 17.8 Å². The lowest BCUT2D eigenvalue weighted by Gasteiger charge is -2.24. The Kier molecular flexibility index (Phi) is 11.5. The van der Waals surface area contributed by atoms with Gasteiger partial charge in [0.2, 0.25) is 5.91 Å². The van der Waals surface area contributed by atoms with Crippen LogP contribution in [0.25, 0.3) is 0 Å². The Hall–Kier alpha value is -5.31. The third kappa shape index (κ3) is 9.41. The van der Waals surface area contributed by atoms with Crippen LogP contribution >= 0.6 is 0 Å². The van der Waals surface area contributed by atoms with Crippen LogP contribution in [0.5, 0.6) is 11.5 Å². The molecule has 0 spiro atoms. The van der Waals surface area contributed by atoms with Gasteiger partial charge in [-0.1, -0.05) is 66.7 Å². The van der Waals surface area contributed by atoms with Crippen molar-refractivity contribution >= 4 is 23.4 Å². The number of hydrogen-bond donors (Lipinski definition) is 4. The van der Waals surface area contributed by atoms with Gasteiger partial charge < -0.3 is 35.7 Å². The number of carboxylic acid groups (broad SMARTS) is 1. The molecule has 1 amide bonds. The van der Waals surface area contributed by atoms with Gasteiger partial charge in [0.15, 0.2) is 11.5 Å². The molecule has 0 heterocycles. The number of nitrogens with two attached hydrogens (primary N) is 1. The summed E-state index contributed by atoms with van der Waals surface area (Å²) >= 11 is 0. The summed E-state index contributed by atoms with van der Waals surface area (Å²) in [5, 5.41) is 23.0. The summed E-state index contributed by atoms with van der Waals surface area (Å²) in [5.41, 5.74) is 9.68. The van der Waals surface area contributed by atoms with E-state index in [1.54, 1.807) is 31.4 Å². The van der Waals surface area contributed by atoms with Crippen LogP contribution < -0.4 is 30.9 Å². The third-order valence-electron chi connectivity index (χ3n) is 6.19. The Morgan fingerprint density at radius 1 is 0.881 bits per heavy atom. The Bertz CT molecular complexity index is 1460. The summed E-state index contributed by atoms with van der Waals surface area (Å²) in [6, 6.07) is 31.4. The first kappa shape index (κ1) is 31.2. The lowest BCUT2D eigenvalue weighted by molar-refractivity contribution is -0.302. The normalized spacial score (nSPS) is 11.6. The Balaban J connectivity index is 0.00000114. The molecule has 2 atom stereocenters. The zero-order valence-corrected chi connectivity index (χ0v) is 23.8. The van der Waals surface area contributed by atoms with Crippen LogP contribution in [0.1, 0.15) is 48.2 Å². The monoisotopic (exact) mass is 567 g/mol. The largest absolute Gasteiger partial charge is 0.550 e. The van der Waals surface area contributed by atoms with Crippen molar-refractivity contribution in [1.82, 2.24) is 5.32 Å². The van der Waals surface area contributed by atoms with Gasteiger partial charge in [-0.05, 0) is 66.9 Å². The van der Waals surface area contributed by atoms with E-state index in [1.165, 1.54) is 0 Å². The number of anilines is 1. The number of amidine groups is 1. The third-order valence-corrected chi connectivity index (χ3v) is 6.19. The molecular weight excluding hydrogens is 532 g/mol. The predicted octanol–water partition coefficient (Wildman–Crippen LogP) is 4.35. The zero-order valence-electron chi connectivity index (χ0n) is 23.8. The van der Waals surface area contributed by atoms with Crippen LogP contribution in [0.2, 0.25) is 0 Å². The predicted molar refractivity (Wildman–Crippen MR) is 161 cm³/mol. The molecule has 9 heteroatoms. The average molecular weight is 568 g/mol. The minimum absolute atomic E-state index is 0.0154. The van der Waals surface area contributed by atoms with Crippen molar-refractivity contribution in [2.45, 2.75) is 32.5 Å². The summed E-state index contributed by atoms with van der Waals surface area (Å²) in [4.78, 5) is 22.5. The van der Waals surface area contributed by atoms with E-state index in [2.05, 4.69) is 10.6 Å². The topological polar surface area (TPSA) is 150 Å². The molecule has 0 saturated heterocycles. The first-order valence-electron chi connectivity index (χ1n) is 13.3. The Morgan fingerprint density at radius 2 is 1.48 bits per heavy atom. The number of aliphatic carboxylic acids is 1. The van der Waals surface area contributed by atoms with Crippen molar-refractivity contribution in [2.75, 3.05) is 12.4 Å². The van der Waals surface area contributed by atoms with Gasteiger partial charge in [0.1, 0.15) is 18.5 Å². The SMILES string of the molecule is CC(=O)[O-].COc1cc(C(Nc2ccc(C(=N)N)cc2)C(=O)NC(C)c2ccccc2)ccc1OCc1ccccc1. The number of rotatable bonds is 11. The number of amides is 1. The maximum atomic E-state index is 13.6. The summed E-state index contributed by atoms with van der Waals surface area (Å²) in [7, 11) is 1.58. The molecule has 218 valence electrons. The van der Waals surface area contributed by atoms with E-state index < -0.39 is 12.0 Å². The molecule has 4 aromatic rings. The van der Waals surface area contributed by atoms with E-state index in [4.69, 9.17) is 30.5 Å². The molecule has 2 unspecified atom stereocenters. The molecule has 42 heavy (non-hydrogen) atoms. The van der Waals surface area contributed by atoms with Gasteiger partial charge in [-0.25, -0.2) is 0 Å². The number of nitrogens with one attached hydrogen (secondary N) is 3. The maximum Gasteiger partial charge on any atom is 0.247 e. The van der Waals surface area contributed by atoms with Crippen LogP contribution in [-0.4, -0.2) is 24.8 Å². The summed E-state index contributed by atoms with van der Waals surface area (Å²) in [5.74, 6) is -0.181. The number of benzene rings is 4. The van der Waals surface area contributed by atoms with Crippen molar-refractivity contribution in [2.24, 2.45) is 5.73 Å².